The molecule has 3 fully saturated rings. The Bertz CT molecular complexity index is 711. The molecule has 26 heavy (non-hydrogen) atoms. The lowest BCUT2D eigenvalue weighted by Crippen LogP contribution is -2.41. The van der Waals surface area contributed by atoms with Crippen LogP contribution in [0.15, 0.2) is 24.3 Å². The summed E-state index contributed by atoms with van der Waals surface area (Å²) in [6.07, 6.45) is 9.80. The summed E-state index contributed by atoms with van der Waals surface area (Å²) >= 11 is 0. The van der Waals surface area contributed by atoms with Crippen LogP contribution in [0, 0.1) is 0 Å². The van der Waals surface area contributed by atoms with Crippen LogP contribution in [0.3, 0.4) is 0 Å². The van der Waals surface area contributed by atoms with Crippen molar-refractivity contribution in [3.63, 3.8) is 0 Å². The fourth-order valence-electron chi connectivity index (χ4n) is 4.99. The molecule has 3 heterocycles. The van der Waals surface area contributed by atoms with E-state index in [2.05, 4.69) is 34.5 Å². The molecule has 144 valence electrons. The number of sulfonamides is 1. The first-order valence-electron chi connectivity index (χ1n) is 10.1. The molecule has 1 N–H and O–H groups in total. The van der Waals surface area contributed by atoms with E-state index >= 15 is 0 Å². The molecule has 3 aliphatic rings. The number of hydrogen-bond donors (Lipinski definition) is 1. The first-order chi connectivity index (χ1) is 12.5. The molecular formula is C20H31N3O2S. The first kappa shape index (κ1) is 18.3. The van der Waals surface area contributed by atoms with Crippen LogP contribution < -0.4 is 5.32 Å². The first-order valence-corrected chi connectivity index (χ1v) is 11.9. The average Bonchev–Trinajstić information content (AvgIpc) is 3.06. The van der Waals surface area contributed by atoms with E-state index in [1.54, 1.807) is 4.31 Å². The molecule has 0 spiro atoms. The number of piperidine rings is 2. The highest BCUT2D eigenvalue weighted by Gasteiger charge is 2.35. The van der Waals surface area contributed by atoms with Crippen molar-refractivity contribution in [1.29, 1.82) is 0 Å². The normalized spacial score (nSPS) is 28.8. The predicted molar refractivity (Wildman–Crippen MR) is 106 cm³/mol. The van der Waals surface area contributed by atoms with E-state index in [0.29, 0.717) is 25.2 Å². The Balaban J connectivity index is 1.34. The summed E-state index contributed by atoms with van der Waals surface area (Å²) in [5.41, 5.74) is 2.60. The van der Waals surface area contributed by atoms with Gasteiger partial charge in [-0.1, -0.05) is 18.6 Å². The fraction of sp³-hybridized carbons (Fsp3) is 0.700. The zero-order chi connectivity index (χ0) is 18.1. The summed E-state index contributed by atoms with van der Waals surface area (Å²) in [6.45, 7) is 2.49. The van der Waals surface area contributed by atoms with Crippen molar-refractivity contribution in [3.05, 3.63) is 29.8 Å². The van der Waals surface area contributed by atoms with Crippen LogP contribution in [-0.4, -0.2) is 55.6 Å². The van der Waals surface area contributed by atoms with Crippen LogP contribution in [0.2, 0.25) is 0 Å². The number of anilines is 1. The monoisotopic (exact) mass is 377 g/mol. The lowest BCUT2D eigenvalue weighted by Gasteiger charge is -2.34. The number of hydrogen-bond acceptors (Lipinski definition) is 4. The van der Waals surface area contributed by atoms with Crippen molar-refractivity contribution in [2.24, 2.45) is 0 Å². The summed E-state index contributed by atoms with van der Waals surface area (Å²) in [5.74, 6) is 0. The van der Waals surface area contributed by atoms with Gasteiger partial charge in [-0.25, -0.2) is 12.7 Å². The average molecular weight is 378 g/mol. The maximum atomic E-state index is 11.6. The summed E-state index contributed by atoms with van der Waals surface area (Å²) in [6, 6.07) is 10.8. The molecule has 2 unspecified atom stereocenters. The van der Waals surface area contributed by atoms with Gasteiger partial charge in [-0.15, -0.1) is 0 Å². The standard InChI is InChI=1S/C20H31N3O2S/c1-26(24,25)22-14-11-18(12-15-22)21-17-7-5-16(6-8-17)20-10-9-19-4-2-3-13-23(19)20/h5-8,18-21H,2-4,9-15H2,1H3. The summed E-state index contributed by atoms with van der Waals surface area (Å²) in [7, 11) is -3.05. The van der Waals surface area contributed by atoms with Gasteiger partial charge in [-0.05, 0) is 62.8 Å². The maximum absolute atomic E-state index is 11.6. The molecule has 0 saturated carbocycles. The largest absolute Gasteiger partial charge is 0.382 e. The molecule has 4 rings (SSSR count). The van der Waals surface area contributed by atoms with Gasteiger partial charge in [0.25, 0.3) is 0 Å². The molecule has 1 aromatic carbocycles. The summed E-state index contributed by atoms with van der Waals surface area (Å²) in [4.78, 5) is 2.73. The van der Waals surface area contributed by atoms with Crippen LogP contribution in [0.5, 0.6) is 0 Å². The summed E-state index contributed by atoms with van der Waals surface area (Å²) in [5, 5.41) is 3.59. The van der Waals surface area contributed by atoms with Crippen LogP contribution >= 0.6 is 0 Å². The van der Waals surface area contributed by atoms with Crippen molar-refractivity contribution in [2.75, 3.05) is 31.2 Å². The van der Waals surface area contributed by atoms with E-state index in [9.17, 15) is 8.42 Å². The number of nitrogens with one attached hydrogen (secondary N) is 1. The second kappa shape index (κ2) is 7.49. The fourth-order valence-corrected chi connectivity index (χ4v) is 5.86. The Morgan fingerprint density at radius 3 is 2.35 bits per heavy atom. The third kappa shape index (κ3) is 3.92. The predicted octanol–water partition coefficient (Wildman–Crippen LogP) is 3.21. The second-order valence-electron chi connectivity index (χ2n) is 8.18. The molecule has 0 aliphatic carbocycles. The molecule has 3 saturated heterocycles. The molecule has 1 aromatic rings. The molecule has 0 aromatic heterocycles. The number of nitrogens with zero attached hydrogens (tertiary/aromatic N) is 2. The van der Waals surface area contributed by atoms with Gasteiger partial charge in [0.2, 0.25) is 10.0 Å². The smallest absolute Gasteiger partial charge is 0.211 e. The van der Waals surface area contributed by atoms with Gasteiger partial charge in [0.15, 0.2) is 0 Å². The van der Waals surface area contributed by atoms with Crippen molar-refractivity contribution >= 4 is 15.7 Å². The highest BCUT2D eigenvalue weighted by atomic mass is 32.2. The van der Waals surface area contributed by atoms with E-state index in [-0.39, 0.29) is 0 Å². The number of rotatable bonds is 4. The lowest BCUT2D eigenvalue weighted by molar-refractivity contribution is 0.150. The molecule has 3 aliphatic heterocycles. The van der Waals surface area contributed by atoms with Crippen LogP contribution in [0.25, 0.3) is 0 Å². The third-order valence-electron chi connectivity index (χ3n) is 6.44. The Hall–Kier alpha value is -1.11. The van der Waals surface area contributed by atoms with E-state index in [0.717, 1.165) is 24.6 Å². The van der Waals surface area contributed by atoms with Crippen LogP contribution in [0.1, 0.15) is 56.6 Å². The Morgan fingerprint density at radius 2 is 1.65 bits per heavy atom. The SMILES string of the molecule is CS(=O)(=O)N1CCC(Nc2ccc(C3CCC4CCCCN43)cc2)CC1. The Morgan fingerprint density at radius 1 is 0.923 bits per heavy atom. The topological polar surface area (TPSA) is 52.7 Å². The Labute approximate surface area is 157 Å². The zero-order valence-electron chi connectivity index (χ0n) is 15.7. The van der Waals surface area contributed by atoms with E-state index in [1.165, 1.54) is 50.5 Å². The van der Waals surface area contributed by atoms with Gasteiger partial charge >= 0.3 is 0 Å². The third-order valence-corrected chi connectivity index (χ3v) is 7.74. The molecule has 0 bridgehead atoms. The number of fused-ring (bicyclic) bond motifs is 1. The highest BCUT2D eigenvalue weighted by molar-refractivity contribution is 7.88. The van der Waals surface area contributed by atoms with Crippen molar-refractivity contribution in [1.82, 2.24) is 9.21 Å². The van der Waals surface area contributed by atoms with Gasteiger partial charge in [0, 0.05) is 36.9 Å². The van der Waals surface area contributed by atoms with E-state index in [1.807, 2.05) is 0 Å². The van der Waals surface area contributed by atoms with Gasteiger partial charge in [0.1, 0.15) is 0 Å². The molecule has 5 nitrogen and oxygen atoms in total. The quantitative estimate of drug-likeness (QED) is 0.875. The second-order valence-corrected chi connectivity index (χ2v) is 10.2. The minimum absolute atomic E-state index is 0.358. The lowest BCUT2D eigenvalue weighted by atomic mass is 10.0. The van der Waals surface area contributed by atoms with Crippen molar-refractivity contribution in [3.8, 4) is 0 Å². The van der Waals surface area contributed by atoms with E-state index < -0.39 is 10.0 Å². The van der Waals surface area contributed by atoms with Gasteiger partial charge in [-0.2, -0.15) is 0 Å². The molecule has 0 amide bonds. The molecule has 2 atom stereocenters. The van der Waals surface area contributed by atoms with Gasteiger partial charge < -0.3 is 5.32 Å². The molecule has 0 radical (unpaired) electrons. The number of benzene rings is 1. The van der Waals surface area contributed by atoms with E-state index in [4.69, 9.17) is 0 Å². The van der Waals surface area contributed by atoms with Crippen molar-refractivity contribution < 1.29 is 8.42 Å². The van der Waals surface area contributed by atoms with Crippen LogP contribution in [-0.2, 0) is 10.0 Å². The van der Waals surface area contributed by atoms with Crippen molar-refractivity contribution in [2.45, 2.75) is 63.1 Å². The minimum atomic E-state index is -3.05. The summed E-state index contributed by atoms with van der Waals surface area (Å²) < 4.78 is 24.8. The molecule has 6 heteroatoms. The molecular weight excluding hydrogens is 346 g/mol. The Kier molecular flexibility index (Phi) is 5.26. The maximum Gasteiger partial charge on any atom is 0.211 e. The zero-order valence-corrected chi connectivity index (χ0v) is 16.5. The minimum Gasteiger partial charge on any atom is -0.382 e. The van der Waals surface area contributed by atoms with Gasteiger partial charge in [0.05, 0.1) is 6.26 Å². The van der Waals surface area contributed by atoms with Crippen LogP contribution in [0.4, 0.5) is 5.69 Å². The highest BCUT2D eigenvalue weighted by Crippen LogP contribution is 2.40. The van der Waals surface area contributed by atoms with Gasteiger partial charge in [-0.3, -0.25) is 4.90 Å².